The number of aliphatic hydroxyl groups excluding tert-OH is 1. The molecule has 1 rings (SSSR count). The van der Waals surface area contributed by atoms with Crippen molar-refractivity contribution in [2.75, 3.05) is 0 Å². The quantitative estimate of drug-likeness (QED) is 0.756. The minimum atomic E-state index is -0.494. The van der Waals surface area contributed by atoms with E-state index in [0.29, 0.717) is 4.47 Å². The molecule has 60 valence electrons. The minimum absolute atomic E-state index is 0.189. The van der Waals surface area contributed by atoms with Crippen LogP contribution in [0.3, 0.4) is 0 Å². The molecule has 0 heterocycles. The number of halogens is 1. The van der Waals surface area contributed by atoms with Gasteiger partial charge in [0.25, 0.3) is 0 Å². The van der Waals surface area contributed by atoms with Gasteiger partial charge in [0, 0.05) is 0 Å². The topological polar surface area (TPSA) is 40.5 Å². The number of rotatable bonds is 1. The SMILES string of the molecule is CC(O)c1ccc(O)c(Br)c1. The van der Waals surface area contributed by atoms with Crippen molar-refractivity contribution in [1.29, 1.82) is 0 Å². The highest BCUT2D eigenvalue weighted by atomic mass is 79.9. The summed E-state index contributed by atoms with van der Waals surface area (Å²) in [4.78, 5) is 0. The van der Waals surface area contributed by atoms with Crippen LogP contribution in [0.1, 0.15) is 18.6 Å². The molecule has 0 aliphatic rings. The number of aromatic hydroxyl groups is 1. The third-order valence-electron chi connectivity index (χ3n) is 1.45. The molecule has 0 aliphatic heterocycles. The van der Waals surface area contributed by atoms with Crippen LogP contribution in [0.25, 0.3) is 0 Å². The Hall–Kier alpha value is -0.540. The van der Waals surface area contributed by atoms with Crippen LogP contribution in [0.2, 0.25) is 0 Å². The standard InChI is InChI=1S/C8H9BrO2/c1-5(10)6-2-3-8(11)7(9)4-6/h2-5,10-11H,1H3. The molecule has 0 radical (unpaired) electrons. The van der Waals surface area contributed by atoms with Gasteiger partial charge in [-0.3, -0.25) is 0 Å². The first-order chi connectivity index (χ1) is 5.11. The predicted molar refractivity (Wildman–Crippen MR) is 46.4 cm³/mol. The fourth-order valence-electron chi connectivity index (χ4n) is 0.783. The monoisotopic (exact) mass is 216 g/mol. The summed E-state index contributed by atoms with van der Waals surface area (Å²) in [5, 5.41) is 18.2. The van der Waals surface area contributed by atoms with E-state index in [4.69, 9.17) is 10.2 Å². The van der Waals surface area contributed by atoms with Crippen molar-refractivity contribution in [3.63, 3.8) is 0 Å². The first kappa shape index (κ1) is 8.56. The van der Waals surface area contributed by atoms with E-state index in [1.807, 2.05) is 0 Å². The van der Waals surface area contributed by atoms with Crippen molar-refractivity contribution in [3.05, 3.63) is 28.2 Å². The summed E-state index contributed by atoms with van der Waals surface area (Å²) in [5.74, 6) is 0.189. The normalized spacial score (nSPS) is 13.0. The van der Waals surface area contributed by atoms with Crippen LogP contribution in [0, 0.1) is 0 Å². The molecule has 0 saturated heterocycles. The summed E-state index contributed by atoms with van der Waals surface area (Å²) in [7, 11) is 0. The molecule has 0 bridgehead atoms. The zero-order valence-corrected chi connectivity index (χ0v) is 7.67. The van der Waals surface area contributed by atoms with Crippen molar-refractivity contribution in [1.82, 2.24) is 0 Å². The number of hydrogen-bond donors (Lipinski definition) is 2. The molecule has 0 saturated carbocycles. The Labute approximate surface area is 73.6 Å². The second-order valence-corrected chi connectivity index (χ2v) is 3.24. The van der Waals surface area contributed by atoms with E-state index < -0.39 is 6.10 Å². The molecule has 2 N–H and O–H groups in total. The third kappa shape index (κ3) is 1.94. The lowest BCUT2D eigenvalue weighted by Gasteiger charge is -2.04. The summed E-state index contributed by atoms with van der Waals surface area (Å²) in [6.45, 7) is 1.68. The van der Waals surface area contributed by atoms with Crippen molar-refractivity contribution < 1.29 is 10.2 Å². The molecule has 1 aromatic carbocycles. The van der Waals surface area contributed by atoms with Gasteiger partial charge in [-0.2, -0.15) is 0 Å². The number of benzene rings is 1. The van der Waals surface area contributed by atoms with Gasteiger partial charge in [-0.1, -0.05) is 6.07 Å². The average molecular weight is 217 g/mol. The molecule has 1 atom stereocenters. The Bertz CT molecular complexity index is 258. The Balaban J connectivity index is 3.05. The highest BCUT2D eigenvalue weighted by Crippen LogP contribution is 2.26. The van der Waals surface area contributed by atoms with E-state index in [-0.39, 0.29) is 5.75 Å². The third-order valence-corrected chi connectivity index (χ3v) is 2.09. The molecule has 1 aromatic rings. The molecular weight excluding hydrogens is 208 g/mol. The van der Waals surface area contributed by atoms with Gasteiger partial charge < -0.3 is 10.2 Å². The van der Waals surface area contributed by atoms with Gasteiger partial charge in [-0.05, 0) is 40.5 Å². The lowest BCUT2D eigenvalue weighted by molar-refractivity contribution is 0.199. The van der Waals surface area contributed by atoms with Crippen molar-refractivity contribution in [3.8, 4) is 5.75 Å². The van der Waals surface area contributed by atoms with Crippen molar-refractivity contribution >= 4 is 15.9 Å². The van der Waals surface area contributed by atoms with Crippen LogP contribution in [-0.2, 0) is 0 Å². The predicted octanol–water partition coefficient (Wildman–Crippen LogP) is 2.21. The van der Waals surface area contributed by atoms with Gasteiger partial charge in [0.15, 0.2) is 0 Å². The van der Waals surface area contributed by atoms with E-state index in [0.717, 1.165) is 5.56 Å². The lowest BCUT2D eigenvalue weighted by atomic mass is 10.1. The Morgan fingerprint density at radius 3 is 2.55 bits per heavy atom. The zero-order valence-electron chi connectivity index (χ0n) is 6.08. The van der Waals surface area contributed by atoms with Gasteiger partial charge in [-0.15, -0.1) is 0 Å². The summed E-state index contributed by atoms with van der Waals surface area (Å²) in [6.07, 6.45) is -0.494. The van der Waals surface area contributed by atoms with Crippen LogP contribution >= 0.6 is 15.9 Å². The maximum atomic E-state index is 9.14. The molecule has 0 aliphatic carbocycles. The fourth-order valence-corrected chi connectivity index (χ4v) is 1.18. The molecule has 1 unspecified atom stereocenters. The molecule has 0 aromatic heterocycles. The van der Waals surface area contributed by atoms with E-state index in [1.165, 1.54) is 0 Å². The van der Waals surface area contributed by atoms with Gasteiger partial charge >= 0.3 is 0 Å². The Morgan fingerprint density at radius 1 is 1.45 bits per heavy atom. The second-order valence-electron chi connectivity index (χ2n) is 2.39. The smallest absolute Gasteiger partial charge is 0.129 e. The first-order valence-electron chi connectivity index (χ1n) is 3.27. The molecule has 2 nitrogen and oxygen atoms in total. The first-order valence-corrected chi connectivity index (χ1v) is 4.07. The summed E-state index contributed by atoms with van der Waals surface area (Å²) >= 11 is 3.15. The molecule has 11 heavy (non-hydrogen) atoms. The number of phenols is 1. The molecule has 0 spiro atoms. The van der Waals surface area contributed by atoms with Crippen LogP contribution in [0.5, 0.6) is 5.75 Å². The van der Waals surface area contributed by atoms with E-state index >= 15 is 0 Å². The number of phenolic OH excluding ortho intramolecular Hbond substituents is 1. The molecule has 0 amide bonds. The van der Waals surface area contributed by atoms with Crippen LogP contribution in [0.15, 0.2) is 22.7 Å². The molecular formula is C8H9BrO2. The summed E-state index contributed by atoms with van der Waals surface area (Å²) in [6, 6.07) is 4.93. The Kier molecular flexibility index (Phi) is 2.52. The van der Waals surface area contributed by atoms with Crippen LogP contribution in [-0.4, -0.2) is 10.2 Å². The van der Waals surface area contributed by atoms with Crippen LogP contribution < -0.4 is 0 Å². The van der Waals surface area contributed by atoms with Crippen molar-refractivity contribution in [2.24, 2.45) is 0 Å². The maximum Gasteiger partial charge on any atom is 0.129 e. The number of aliphatic hydroxyl groups is 1. The largest absolute Gasteiger partial charge is 0.507 e. The fraction of sp³-hybridized carbons (Fsp3) is 0.250. The van der Waals surface area contributed by atoms with Gasteiger partial charge in [0.2, 0.25) is 0 Å². The van der Waals surface area contributed by atoms with Gasteiger partial charge in [0.1, 0.15) is 5.75 Å². The lowest BCUT2D eigenvalue weighted by Crippen LogP contribution is -1.89. The van der Waals surface area contributed by atoms with Gasteiger partial charge in [-0.25, -0.2) is 0 Å². The maximum absolute atomic E-state index is 9.14. The zero-order chi connectivity index (χ0) is 8.43. The van der Waals surface area contributed by atoms with Crippen LogP contribution in [0.4, 0.5) is 0 Å². The summed E-state index contributed by atoms with van der Waals surface area (Å²) < 4.78 is 0.607. The van der Waals surface area contributed by atoms with Gasteiger partial charge in [0.05, 0.1) is 10.6 Å². The second kappa shape index (κ2) is 3.24. The molecule has 0 fully saturated rings. The number of hydrogen-bond acceptors (Lipinski definition) is 2. The summed E-state index contributed by atoms with van der Waals surface area (Å²) in [5.41, 5.74) is 0.787. The van der Waals surface area contributed by atoms with E-state index in [1.54, 1.807) is 25.1 Å². The molecule has 3 heteroatoms. The highest BCUT2D eigenvalue weighted by Gasteiger charge is 2.03. The average Bonchev–Trinajstić information content (AvgIpc) is 1.94. The minimum Gasteiger partial charge on any atom is -0.507 e. The van der Waals surface area contributed by atoms with E-state index in [2.05, 4.69) is 15.9 Å². The van der Waals surface area contributed by atoms with E-state index in [9.17, 15) is 0 Å². The Morgan fingerprint density at radius 2 is 2.09 bits per heavy atom. The van der Waals surface area contributed by atoms with Crippen molar-refractivity contribution in [2.45, 2.75) is 13.0 Å². The highest BCUT2D eigenvalue weighted by molar-refractivity contribution is 9.10.